The zero-order chi connectivity index (χ0) is 12.5. The van der Waals surface area contributed by atoms with E-state index in [1.807, 2.05) is 6.07 Å². The lowest BCUT2D eigenvalue weighted by Crippen LogP contribution is -2.58. The van der Waals surface area contributed by atoms with Gasteiger partial charge in [-0.1, -0.05) is 19.0 Å². The third-order valence-corrected chi connectivity index (χ3v) is 4.30. The summed E-state index contributed by atoms with van der Waals surface area (Å²) < 4.78 is 5.26. The first-order valence-electron chi connectivity index (χ1n) is 7.11. The van der Waals surface area contributed by atoms with Crippen LogP contribution in [0.4, 0.5) is 0 Å². The molecule has 2 fully saturated rings. The summed E-state index contributed by atoms with van der Waals surface area (Å²) in [6.07, 6.45) is 4.54. The van der Waals surface area contributed by atoms with E-state index in [0.717, 1.165) is 31.3 Å². The molecular formula is C14H23N3O. The van der Waals surface area contributed by atoms with Crippen LogP contribution in [0.2, 0.25) is 0 Å². The minimum absolute atomic E-state index is 0.602. The van der Waals surface area contributed by atoms with E-state index in [1.54, 1.807) is 6.20 Å². The van der Waals surface area contributed by atoms with Crippen LogP contribution in [-0.2, 0) is 6.54 Å². The van der Waals surface area contributed by atoms with E-state index in [2.05, 4.69) is 29.2 Å². The van der Waals surface area contributed by atoms with Crippen molar-refractivity contribution in [3.05, 3.63) is 18.0 Å². The third kappa shape index (κ3) is 2.59. The smallest absolute Gasteiger partial charge is 0.150 e. The van der Waals surface area contributed by atoms with Crippen molar-refractivity contribution >= 4 is 0 Å². The van der Waals surface area contributed by atoms with Crippen molar-refractivity contribution in [1.29, 1.82) is 0 Å². The van der Waals surface area contributed by atoms with Gasteiger partial charge in [-0.05, 0) is 24.7 Å². The molecule has 1 aliphatic heterocycles. The van der Waals surface area contributed by atoms with Crippen LogP contribution in [0.1, 0.15) is 32.4 Å². The van der Waals surface area contributed by atoms with Crippen LogP contribution in [0, 0.1) is 11.8 Å². The molecule has 1 aromatic rings. The lowest BCUT2D eigenvalue weighted by Gasteiger charge is -2.42. The van der Waals surface area contributed by atoms with Crippen molar-refractivity contribution in [2.45, 2.75) is 45.3 Å². The van der Waals surface area contributed by atoms with E-state index < -0.39 is 0 Å². The molecule has 0 amide bonds. The Labute approximate surface area is 109 Å². The van der Waals surface area contributed by atoms with Gasteiger partial charge in [0.2, 0.25) is 0 Å². The van der Waals surface area contributed by atoms with E-state index in [0.29, 0.717) is 18.0 Å². The zero-order valence-electron chi connectivity index (χ0n) is 11.3. The third-order valence-electron chi connectivity index (χ3n) is 4.30. The van der Waals surface area contributed by atoms with Gasteiger partial charge in [0.05, 0.1) is 12.7 Å². The molecule has 2 aliphatic rings. The lowest BCUT2D eigenvalue weighted by molar-refractivity contribution is 0.0764. The van der Waals surface area contributed by atoms with Gasteiger partial charge in [-0.2, -0.15) is 0 Å². The summed E-state index contributed by atoms with van der Waals surface area (Å²) in [6.45, 7) is 7.75. The molecule has 1 saturated heterocycles. The van der Waals surface area contributed by atoms with E-state index >= 15 is 0 Å². The van der Waals surface area contributed by atoms with Gasteiger partial charge in [-0.15, -0.1) is 0 Å². The minimum atomic E-state index is 0.602. The Morgan fingerprint density at radius 2 is 2.33 bits per heavy atom. The molecule has 2 unspecified atom stereocenters. The maximum absolute atomic E-state index is 5.26. The highest BCUT2D eigenvalue weighted by molar-refractivity contribution is 4.99. The monoisotopic (exact) mass is 249 g/mol. The van der Waals surface area contributed by atoms with Gasteiger partial charge < -0.3 is 9.84 Å². The molecule has 0 spiro atoms. The average molecular weight is 249 g/mol. The summed E-state index contributed by atoms with van der Waals surface area (Å²) in [4.78, 5) is 2.57. The first-order valence-corrected chi connectivity index (χ1v) is 7.11. The molecule has 2 atom stereocenters. The Kier molecular flexibility index (Phi) is 3.39. The first-order chi connectivity index (χ1) is 8.74. The second kappa shape index (κ2) is 5.02. The molecule has 4 nitrogen and oxygen atoms in total. The second-order valence-electron chi connectivity index (χ2n) is 6.07. The maximum Gasteiger partial charge on any atom is 0.150 e. The van der Waals surface area contributed by atoms with Gasteiger partial charge in [-0.3, -0.25) is 4.90 Å². The zero-order valence-corrected chi connectivity index (χ0v) is 11.3. The number of hydrogen-bond acceptors (Lipinski definition) is 4. The molecule has 100 valence electrons. The van der Waals surface area contributed by atoms with Gasteiger partial charge in [0.15, 0.2) is 5.76 Å². The Hall–Kier alpha value is -0.870. The molecule has 0 aromatic carbocycles. The van der Waals surface area contributed by atoms with Gasteiger partial charge in [-0.25, -0.2) is 0 Å². The molecule has 1 aliphatic carbocycles. The molecule has 18 heavy (non-hydrogen) atoms. The molecular weight excluding hydrogens is 226 g/mol. The van der Waals surface area contributed by atoms with Crippen molar-refractivity contribution in [1.82, 2.24) is 15.4 Å². The highest BCUT2D eigenvalue weighted by Gasteiger charge is 2.38. The standard InChI is InChI=1S/C14H23N3O/c1-10(2)14-7-15-13(11-3-4-11)9-17(14)8-12-5-6-16-18-12/h5-6,10-11,13-15H,3-4,7-9H2,1-2H3. The van der Waals surface area contributed by atoms with Crippen molar-refractivity contribution in [3.63, 3.8) is 0 Å². The fourth-order valence-corrected chi connectivity index (χ4v) is 3.03. The van der Waals surface area contributed by atoms with Crippen LogP contribution in [0.25, 0.3) is 0 Å². The highest BCUT2D eigenvalue weighted by Crippen LogP contribution is 2.35. The van der Waals surface area contributed by atoms with Crippen LogP contribution in [0.5, 0.6) is 0 Å². The van der Waals surface area contributed by atoms with Crippen molar-refractivity contribution in [3.8, 4) is 0 Å². The van der Waals surface area contributed by atoms with E-state index in [4.69, 9.17) is 4.52 Å². The van der Waals surface area contributed by atoms with Crippen molar-refractivity contribution < 1.29 is 4.52 Å². The van der Waals surface area contributed by atoms with Crippen molar-refractivity contribution in [2.75, 3.05) is 13.1 Å². The molecule has 1 N–H and O–H groups in total. The predicted octanol–water partition coefficient (Wildman–Crippen LogP) is 1.88. The normalized spacial score (nSPS) is 29.9. The minimum Gasteiger partial charge on any atom is -0.360 e. The van der Waals surface area contributed by atoms with Gasteiger partial charge in [0, 0.05) is 31.2 Å². The molecule has 3 rings (SSSR count). The van der Waals surface area contributed by atoms with Gasteiger partial charge in [0.25, 0.3) is 0 Å². The van der Waals surface area contributed by atoms with Crippen LogP contribution in [0.15, 0.2) is 16.8 Å². The number of nitrogens with one attached hydrogen (secondary N) is 1. The summed E-state index contributed by atoms with van der Waals surface area (Å²) in [6, 6.07) is 3.26. The fourth-order valence-electron chi connectivity index (χ4n) is 3.03. The summed E-state index contributed by atoms with van der Waals surface area (Å²) in [7, 11) is 0. The van der Waals surface area contributed by atoms with Crippen LogP contribution < -0.4 is 5.32 Å². The van der Waals surface area contributed by atoms with Crippen LogP contribution in [0.3, 0.4) is 0 Å². The average Bonchev–Trinajstić information content (AvgIpc) is 3.08. The van der Waals surface area contributed by atoms with E-state index in [1.165, 1.54) is 12.8 Å². The number of piperazine rings is 1. The summed E-state index contributed by atoms with van der Waals surface area (Å²) in [5.74, 6) is 2.56. The lowest BCUT2D eigenvalue weighted by atomic mass is 9.97. The van der Waals surface area contributed by atoms with Crippen LogP contribution >= 0.6 is 0 Å². The van der Waals surface area contributed by atoms with Crippen molar-refractivity contribution in [2.24, 2.45) is 11.8 Å². The molecule has 0 radical (unpaired) electrons. The molecule has 4 heteroatoms. The topological polar surface area (TPSA) is 41.3 Å². The maximum atomic E-state index is 5.26. The first kappa shape index (κ1) is 12.2. The Morgan fingerprint density at radius 1 is 1.50 bits per heavy atom. The summed E-state index contributed by atoms with van der Waals surface area (Å²) >= 11 is 0. The molecule has 2 heterocycles. The van der Waals surface area contributed by atoms with Gasteiger partial charge >= 0.3 is 0 Å². The summed E-state index contributed by atoms with van der Waals surface area (Å²) in [5, 5.41) is 7.54. The van der Waals surface area contributed by atoms with E-state index in [9.17, 15) is 0 Å². The van der Waals surface area contributed by atoms with Gasteiger partial charge in [0.1, 0.15) is 0 Å². The van der Waals surface area contributed by atoms with E-state index in [-0.39, 0.29) is 0 Å². The quantitative estimate of drug-likeness (QED) is 0.884. The Morgan fingerprint density at radius 3 is 2.94 bits per heavy atom. The number of nitrogens with zero attached hydrogens (tertiary/aromatic N) is 2. The number of rotatable bonds is 4. The summed E-state index contributed by atoms with van der Waals surface area (Å²) in [5.41, 5.74) is 0. The molecule has 1 saturated carbocycles. The molecule has 1 aromatic heterocycles. The number of hydrogen-bond donors (Lipinski definition) is 1. The highest BCUT2D eigenvalue weighted by atomic mass is 16.5. The fraction of sp³-hybridized carbons (Fsp3) is 0.786. The second-order valence-corrected chi connectivity index (χ2v) is 6.07. The SMILES string of the molecule is CC(C)C1CNC(C2CC2)CN1Cc1ccno1. The Bertz CT molecular complexity index is 372. The Balaban J connectivity index is 1.68. The van der Waals surface area contributed by atoms with Crippen LogP contribution in [-0.4, -0.2) is 35.2 Å². The molecule has 0 bridgehead atoms. The largest absolute Gasteiger partial charge is 0.360 e. The predicted molar refractivity (Wildman–Crippen MR) is 70.1 cm³/mol. The number of aromatic nitrogens is 1.